The lowest BCUT2D eigenvalue weighted by Crippen LogP contribution is -2.23. The van der Waals surface area contributed by atoms with Crippen LogP contribution in [0.1, 0.15) is 19.8 Å². The maximum absolute atomic E-state index is 10.6. The van der Waals surface area contributed by atoms with E-state index in [1.54, 1.807) is 0 Å². The molecule has 2 N–H and O–H groups in total. The van der Waals surface area contributed by atoms with Crippen molar-refractivity contribution in [2.75, 3.05) is 6.54 Å². The molecule has 1 fully saturated rings. The molecule has 1 aliphatic rings. The molecule has 3 heteroatoms. The lowest BCUT2D eigenvalue weighted by atomic mass is 10.3. The van der Waals surface area contributed by atoms with Crippen molar-refractivity contribution in [1.82, 2.24) is 0 Å². The summed E-state index contributed by atoms with van der Waals surface area (Å²) >= 11 is 0. The van der Waals surface area contributed by atoms with E-state index < -0.39 is 0 Å². The quantitative estimate of drug-likeness (QED) is 0.577. The molecule has 0 spiro atoms. The van der Waals surface area contributed by atoms with E-state index in [0.29, 0.717) is 5.92 Å². The lowest BCUT2D eigenvalue weighted by molar-refractivity contribution is -0.147. The van der Waals surface area contributed by atoms with Crippen LogP contribution in [0.5, 0.6) is 0 Å². The molecule has 0 saturated heterocycles. The molecule has 0 heterocycles. The minimum absolute atomic E-state index is 0.00292. The second-order valence-electron chi connectivity index (χ2n) is 2.74. The van der Waals surface area contributed by atoms with E-state index in [9.17, 15) is 4.79 Å². The van der Waals surface area contributed by atoms with Crippen LogP contribution in [0, 0.1) is 5.92 Å². The number of nitrogens with two attached hydrogens (primary N) is 1. The molecule has 0 amide bonds. The van der Waals surface area contributed by atoms with Crippen LogP contribution in [-0.4, -0.2) is 18.6 Å². The molecule has 0 aromatic carbocycles. The Labute approximate surface area is 60.5 Å². The minimum atomic E-state index is -0.292. The summed E-state index contributed by atoms with van der Waals surface area (Å²) in [7, 11) is 0. The van der Waals surface area contributed by atoms with E-state index in [0.717, 1.165) is 0 Å². The van der Waals surface area contributed by atoms with Crippen LogP contribution in [0.25, 0.3) is 0 Å². The third kappa shape index (κ3) is 1.99. The predicted molar refractivity (Wildman–Crippen MR) is 37.3 cm³/mol. The highest BCUT2D eigenvalue weighted by Crippen LogP contribution is 2.33. The maximum atomic E-state index is 10.6. The van der Waals surface area contributed by atoms with E-state index >= 15 is 0 Å². The van der Waals surface area contributed by atoms with Crippen LogP contribution in [0.15, 0.2) is 0 Å². The fourth-order valence-corrected chi connectivity index (χ4v) is 0.917. The number of hydrogen-bond donors (Lipinski definition) is 1. The third-order valence-corrected chi connectivity index (χ3v) is 1.77. The molecule has 58 valence electrons. The monoisotopic (exact) mass is 143 g/mol. The third-order valence-electron chi connectivity index (χ3n) is 1.77. The van der Waals surface area contributed by atoms with Crippen molar-refractivity contribution in [3.63, 3.8) is 0 Å². The first kappa shape index (κ1) is 7.54. The van der Waals surface area contributed by atoms with Gasteiger partial charge in [0.05, 0.1) is 6.54 Å². The van der Waals surface area contributed by atoms with Gasteiger partial charge in [-0.1, -0.05) is 0 Å². The van der Waals surface area contributed by atoms with Gasteiger partial charge in [0.1, 0.15) is 6.10 Å². The highest BCUT2D eigenvalue weighted by atomic mass is 16.5. The average molecular weight is 143 g/mol. The Bertz CT molecular complexity index is 132. The molecule has 3 nitrogen and oxygen atoms in total. The number of esters is 1. The van der Waals surface area contributed by atoms with Gasteiger partial charge >= 0.3 is 5.97 Å². The van der Waals surface area contributed by atoms with Crippen molar-refractivity contribution >= 4 is 5.97 Å². The molecular weight excluding hydrogens is 130 g/mol. The Morgan fingerprint density at radius 3 is 2.80 bits per heavy atom. The first-order valence-corrected chi connectivity index (χ1v) is 3.63. The minimum Gasteiger partial charge on any atom is -0.461 e. The Hall–Kier alpha value is -0.570. The van der Waals surface area contributed by atoms with Crippen LogP contribution in [0.3, 0.4) is 0 Å². The number of rotatable bonds is 3. The summed E-state index contributed by atoms with van der Waals surface area (Å²) in [5.41, 5.74) is 5.07. The smallest absolute Gasteiger partial charge is 0.319 e. The zero-order valence-electron chi connectivity index (χ0n) is 6.17. The highest BCUT2D eigenvalue weighted by Gasteiger charge is 2.30. The van der Waals surface area contributed by atoms with Gasteiger partial charge in [0, 0.05) is 0 Å². The van der Waals surface area contributed by atoms with Crippen molar-refractivity contribution in [1.29, 1.82) is 0 Å². The number of ether oxygens (including phenoxy) is 1. The van der Waals surface area contributed by atoms with E-state index in [4.69, 9.17) is 10.5 Å². The molecule has 1 saturated carbocycles. The first-order valence-electron chi connectivity index (χ1n) is 3.63. The van der Waals surface area contributed by atoms with Crippen molar-refractivity contribution in [2.24, 2.45) is 11.7 Å². The van der Waals surface area contributed by atoms with E-state index in [1.165, 1.54) is 12.8 Å². The second-order valence-corrected chi connectivity index (χ2v) is 2.74. The summed E-state index contributed by atoms with van der Waals surface area (Å²) in [5, 5.41) is 0. The largest absolute Gasteiger partial charge is 0.461 e. The fourth-order valence-electron chi connectivity index (χ4n) is 0.917. The molecule has 0 aliphatic heterocycles. The molecule has 0 aromatic rings. The van der Waals surface area contributed by atoms with Crippen LogP contribution in [-0.2, 0) is 9.53 Å². The predicted octanol–water partition coefficient (Wildman–Crippen LogP) is 0.287. The van der Waals surface area contributed by atoms with Crippen molar-refractivity contribution < 1.29 is 9.53 Å². The van der Waals surface area contributed by atoms with Crippen LogP contribution < -0.4 is 5.73 Å². The molecule has 0 bridgehead atoms. The number of carbonyl (C=O) groups is 1. The Morgan fingerprint density at radius 1 is 1.80 bits per heavy atom. The normalized spacial score (nSPS) is 20.2. The molecule has 1 atom stereocenters. The summed E-state index contributed by atoms with van der Waals surface area (Å²) in [6.45, 7) is 1.92. The highest BCUT2D eigenvalue weighted by molar-refractivity contribution is 5.71. The molecular formula is C7H13NO2. The van der Waals surface area contributed by atoms with Gasteiger partial charge in [0.25, 0.3) is 0 Å². The molecule has 0 aromatic heterocycles. The molecule has 1 rings (SSSR count). The zero-order valence-corrected chi connectivity index (χ0v) is 6.17. The van der Waals surface area contributed by atoms with Crippen LogP contribution >= 0.6 is 0 Å². The zero-order chi connectivity index (χ0) is 7.56. The SMILES string of the molecule is CC(OC(=O)CN)C1CC1. The number of hydrogen-bond acceptors (Lipinski definition) is 3. The molecule has 10 heavy (non-hydrogen) atoms. The average Bonchev–Trinajstić information content (AvgIpc) is 2.68. The van der Waals surface area contributed by atoms with Crippen molar-refractivity contribution in [3.05, 3.63) is 0 Å². The fraction of sp³-hybridized carbons (Fsp3) is 0.857. The molecule has 1 unspecified atom stereocenters. The maximum Gasteiger partial charge on any atom is 0.319 e. The van der Waals surface area contributed by atoms with Gasteiger partial charge in [-0.2, -0.15) is 0 Å². The number of carbonyl (C=O) groups excluding carboxylic acids is 1. The van der Waals surface area contributed by atoms with E-state index in [2.05, 4.69) is 0 Å². The van der Waals surface area contributed by atoms with Gasteiger partial charge in [0.15, 0.2) is 0 Å². The summed E-state index contributed by atoms with van der Waals surface area (Å²) < 4.78 is 4.96. The first-order chi connectivity index (χ1) is 4.74. The summed E-state index contributed by atoms with van der Waals surface area (Å²) in [5.74, 6) is 0.315. The van der Waals surface area contributed by atoms with Gasteiger partial charge in [-0.15, -0.1) is 0 Å². The molecule has 0 radical (unpaired) electrons. The Kier molecular flexibility index (Phi) is 2.27. The van der Waals surface area contributed by atoms with E-state index in [-0.39, 0.29) is 18.6 Å². The van der Waals surface area contributed by atoms with Crippen molar-refractivity contribution in [2.45, 2.75) is 25.9 Å². The molecule has 1 aliphatic carbocycles. The van der Waals surface area contributed by atoms with Gasteiger partial charge in [-0.05, 0) is 25.7 Å². The summed E-state index contributed by atoms with van der Waals surface area (Å²) in [6, 6.07) is 0. The van der Waals surface area contributed by atoms with Crippen LogP contribution in [0.4, 0.5) is 0 Å². The summed E-state index contributed by atoms with van der Waals surface area (Å²) in [4.78, 5) is 10.6. The van der Waals surface area contributed by atoms with Gasteiger partial charge in [0.2, 0.25) is 0 Å². The Balaban J connectivity index is 2.16. The van der Waals surface area contributed by atoms with Crippen LogP contribution in [0.2, 0.25) is 0 Å². The lowest BCUT2D eigenvalue weighted by Gasteiger charge is -2.10. The standard InChI is InChI=1S/C7H13NO2/c1-5(6-2-3-6)10-7(9)4-8/h5-6H,2-4,8H2,1H3. The topological polar surface area (TPSA) is 52.3 Å². The van der Waals surface area contributed by atoms with Gasteiger partial charge in [-0.25, -0.2) is 0 Å². The van der Waals surface area contributed by atoms with Gasteiger partial charge < -0.3 is 10.5 Å². The van der Waals surface area contributed by atoms with E-state index in [1.807, 2.05) is 6.92 Å². The second kappa shape index (κ2) is 3.01. The Morgan fingerprint density at radius 2 is 2.40 bits per heavy atom. The summed E-state index contributed by atoms with van der Waals surface area (Å²) in [6.07, 6.45) is 2.47. The van der Waals surface area contributed by atoms with Crippen molar-refractivity contribution in [3.8, 4) is 0 Å². The van der Waals surface area contributed by atoms with Gasteiger partial charge in [-0.3, -0.25) is 4.79 Å².